The SMILES string of the molecule is CC(C)c1cc(-c2nccc3c2sc2c(C(F)(F)F)cccc23)cc2ccccc12. The van der Waals surface area contributed by atoms with Crippen molar-refractivity contribution in [3.63, 3.8) is 0 Å². The molecule has 5 aromatic rings. The van der Waals surface area contributed by atoms with Crippen LogP contribution in [-0.4, -0.2) is 4.98 Å². The lowest BCUT2D eigenvalue weighted by Gasteiger charge is -2.13. The van der Waals surface area contributed by atoms with Crippen molar-refractivity contribution in [2.45, 2.75) is 25.9 Å². The second-order valence-corrected chi connectivity index (χ2v) is 8.78. The highest BCUT2D eigenvalue weighted by Gasteiger charge is 2.33. The highest BCUT2D eigenvalue weighted by atomic mass is 32.1. The second-order valence-electron chi connectivity index (χ2n) is 7.76. The smallest absolute Gasteiger partial charge is 0.255 e. The van der Waals surface area contributed by atoms with Gasteiger partial charge >= 0.3 is 6.18 Å². The van der Waals surface area contributed by atoms with E-state index in [4.69, 9.17) is 0 Å². The Balaban J connectivity index is 1.84. The minimum Gasteiger partial charge on any atom is -0.255 e. The Kier molecular flexibility index (Phi) is 4.33. The van der Waals surface area contributed by atoms with Gasteiger partial charge in [-0.3, -0.25) is 4.98 Å². The molecule has 2 aromatic heterocycles. The number of hydrogen-bond acceptors (Lipinski definition) is 2. The monoisotopic (exact) mass is 421 g/mol. The van der Waals surface area contributed by atoms with Crippen LogP contribution in [0.15, 0.2) is 66.9 Å². The molecule has 0 aliphatic carbocycles. The van der Waals surface area contributed by atoms with Crippen LogP contribution in [0.1, 0.15) is 30.9 Å². The van der Waals surface area contributed by atoms with Crippen LogP contribution in [0.5, 0.6) is 0 Å². The lowest BCUT2D eigenvalue weighted by molar-refractivity contribution is -0.136. The van der Waals surface area contributed by atoms with Gasteiger partial charge in [-0.1, -0.05) is 50.2 Å². The molecule has 30 heavy (non-hydrogen) atoms. The Bertz CT molecular complexity index is 1410. The molecule has 0 amide bonds. The lowest BCUT2D eigenvalue weighted by atomic mass is 9.92. The third-order valence-electron chi connectivity index (χ3n) is 5.51. The largest absolute Gasteiger partial charge is 0.417 e. The summed E-state index contributed by atoms with van der Waals surface area (Å²) in [4.78, 5) is 4.60. The zero-order chi connectivity index (χ0) is 21.0. The van der Waals surface area contributed by atoms with E-state index < -0.39 is 11.7 Å². The van der Waals surface area contributed by atoms with Crippen molar-refractivity contribution in [3.8, 4) is 11.3 Å². The van der Waals surface area contributed by atoms with Crippen molar-refractivity contribution in [1.82, 2.24) is 4.98 Å². The van der Waals surface area contributed by atoms with Crippen LogP contribution >= 0.6 is 11.3 Å². The molecule has 0 aliphatic rings. The van der Waals surface area contributed by atoms with E-state index >= 15 is 0 Å². The molecule has 1 nitrogen and oxygen atoms in total. The van der Waals surface area contributed by atoms with Gasteiger partial charge in [-0.2, -0.15) is 13.2 Å². The first-order valence-electron chi connectivity index (χ1n) is 9.75. The third kappa shape index (κ3) is 2.96. The van der Waals surface area contributed by atoms with E-state index in [0.29, 0.717) is 11.3 Å². The summed E-state index contributed by atoms with van der Waals surface area (Å²) in [7, 11) is 0. The maximum atomic E-state index is 13.6. The minimum atomic E-state index is -4.39. The molecular weight excluding hydrogens is 403 g/mol. The molecule has 0 radical (unpaired) electrons. The third-order valence-corrected chi connectivity index (χ3v) is 6.77. The molecule has 0 spiro atoms. The summed E-state index contributed by atoms with van der Waals surface area (Å²) in [6.45, 7) is 4.29. The molecule has 150 valence electrons. The van der Waals surface area contributed by atoms with Crippen LogP contribution in [0, 0.1) is 0 Å². The molecular formula is C25H18F3NS. The van der Waals surface area contributed by atoms with Gasteiger partial charge < -0.3 is 0 Å². The Morgan fingerprint density at radius 1 is 0.833 bits per heavy atom. The van der Waals surface area contributed by atoms with E-state index in [0.717, 1.165) is 32.8 Å². The number of nitrogens with zero attached hydrogens (tertiary/aromatic N) is 1. The first-order chi connectivity index (χ1) is 14.3. The highest BCUT2D eigenvalue weighted by molar-refractivity contribution is 7.26. The Labute approximate surface area is 175 Å². The van der Waals surface area contributed by atoms with Crippen LogP contribution in [-0.2, 0) is 6.18 Å². The van der Waals surface area contributed by atoms with Crippen LogP contribution in [0.25, 0.3) is 42.2 Å². The predicted molar refractivity (Wildman–Crippen MR) is 119 cm³/mol. The second kappa shape index (κ2) is 6.81. The van der Waals surface area contributed by atoms with Gasteiger partial charge in [0, 0.05) is 27.2 Å². The van der Waals surface area contributed by atoms with Gasteiger partial charge in [0.15, 0.2) is 0 Å². The summed E-state index contributed by atoms with van der Waals surface area (Å²) in [6, 6.07) is 18.6. The van der Waals surface area contributed by atoms with Gasteiger partial charge in [0.1, 0.15) is 0 Å². The van der Waals surface area contributed by atoms with Gasteiger partial charge in [-0.15, -0.1) is 11.3 Å². The van der Waals surface area contributed by atoms with Crippen molar-refractivity contribution in [2.75, 3.05) is 0 Å². The average molecular weight is 421 g/mol. The first-order valence-corrected chi connectivity index (χ1v) is 10.6. The fraction of sp³-hybridized carbons (Fsp3) is 0.160. The summed E-state index contributed by atoms with van der Waals surface area (Å²) >= 11 is 1.17. The zero-order valence-corrected chi connectivity index (χ0v) is 17.2. The van der Waals surface area contributed by atoms with Crippen molar-refractivity contribution < 1.29 is 13.2 Å². The standard InChI is InChI=1S/C25H18F3NS/c1-14(2)20-13-16(12-15-6-3-4-7-17(15)20)22-24-19(10-11-29-22)18-8-5-9-21(23(18)30-24)25(26,27)28/h3-14H,1-2H3. The minimum absolute atomic E-state index is 0.263. The number of alkyl halides is 3. The maximum absolute atomic E-state index is 13.6. The van der Waals surface area contributed by atoms with Crippen LogP contribution in [0.4, 0.5) is 13.2 Å². The molecule has 0 aliphatic heterocycles. The molecule has 0 N–H and O–H groups in total. The zero-order valence-electron chi connectivity index (χ0n) is 16.4. The first kappa shape index (κ1) is 19.1. The maximum Gasteiger partial charge on any atom is 0.417 e. The normalized spacial score (nSPS) is 12.5. The quantitative estimate of drug-likeness (QED) is 0.279. The van der Waals surface area contributed by atoms with E-state index in [9.17, 15) is 13.2 Å². The van der Waals surface area contributed by atoms with Crippen LogP contribution < -0.4 is 0 Å². The molecule has 5 rings (SSSR count). The van der Waals surface area contributed by atoms with Crippen molar-refractivity contribution in [2.24, 2.45) is 0 Å². The van der Waals surface area contributed by atoms with Crippen LogP contribution in [0.2, 0.25) is 0 Å². The summed E-state index contributed by atoms with van der Waals surface area (Å²) < 4.78 is 41.8. The van der Waals surface area contributed by atoms with Crippen molar-refractivity contribution in [1.29, 1.82) is 0 Å². The number of halogens is 3. The van der Waals surface area contributed by atoms with Gasteiger partial charge in [-0.05, 0) is 46.5 Å². The summed E-state index contributed by atoms with van der Waals surface area (Å²) in [5.74, 6) is 0.313. The summed E-state index contributed by atoms with van der Waals surface area (Å²) in [6.07, 6.45) is -2.70. The number of hydrogen-bond donors (Lipinski definition) is 0. The molecule has 0 bridgehead atoms. The average Bonchev–Trinajstić information content (AvgIpc) is 3.10. The molecule has 5 heteroatoms. The van der Waals surface area contributed by atoms with E-state index in [1.165, 1.54) is 28.4 Å². The van der Waals surface area contributed by atoms with Crippen LogP contribution in [0.3, 0.4) is 0 Å². The molecule has 3 aromatic carbocycles. The van der Waals surface area contributed by atoms with E-state index in [-0.39, 0.29) is 4.70 Å². The van der Waals surface area contributed by atoms with Gasteiger partial charge in [-0.25, -0.2) is 0 Å². The fourth-order valence-corrected chi connectivity index (χ4v) is 5.45. The Hall–Kier alpha value is -2.92. The molecule has 0 saturated carbocycles. The Morgan fingerprint density at radius 3 is 2.33 bits per heavy atom. The van der Waals surface area contributed by atoms with Gasteiger partial charge in [0.2, 0.25) is 0 Å². The summed E-state index contributed by atoms with van der Waals surface area (Å²) in [5.41, 5.74) is 2.28. The molecule has 0 fully saturated rings. The Morgan fingerprint density at radius 2 is 1.57 bits per heavy atom. The van der Waals surface area contributed by atoms with Crippen molar-refractivity contribution >= 4 is 42.3 Å². The van der Waals surface area contributed by atoms with Crippen molar-refractivity contribution in [3.05, 3.63) is 78.0 Å². The molecule has 0 saturated heterocycles. The fourth-order valence-electron chi connectivity index (χ4n) is 4.11. The number of pyridine rings is 1. The van der Waals surface area contributed by atoms with Gasteiger partial charge in [0.05, 0.1) is 16.0 Å². The van der Waals surface area contributed by atoms with Gasteiger partial charge in [0.25, 0.3) is 0 Å². The molecule has 0 unspecified atom stereocenters. The number of rotatable bonds is 2. The number of aromatic nitrogens is 1. The van der Waals surface area contributed by atoms with E-state index in [1.54, 1.807) is 12.3 Å². The van der Waals surface area contributed by atoms with E-state index in [2.05, 4.69) is 43.1 Å². The lowest BCUT2D eigenvalue weighted by Crippen LogP contribution is -2.04. The number of benzene rings is 3. The highest BCUT2D eigenvalue weighted by Crippen LogP contribution is 2.45. The number of thiophene rings is 1. The summed E-state index contributed by atoms with van der Waals surface area (Å²) in [5, 5.41) is 3.73. The molecule has 0 atom stereocenters. The molecule has 2 heterocycles. The topological polar surface area (TPSA) is 12.9 Å². The number of fused-ring (bicyclic) bond motifs is 4. The van der Waals surface area contributed by atoms with E-state index in [1.807, 2.05) is 18.2 Å². The predicted octanol–water partition coefficient (Wildman–Crippen LogP) is 8.41.